The van der Waals surface area contributed by atoms with Crippen LogP contribution in [0.4, 0.5) is 4.39 Å². The summed E-state index contributed by atoms with van der Waals surface area (Å²) in [5.74, 6) is -0.294. The quantitative estimate of drug-likeness (QED) is 0.401. The maximum absolute atomic E-state index is 13.3. The van der Waals surface area contributed by atoms with Gasteiger partial charge in [0.15, 0.2) is 5.16 Å². The zero-order valence-electron chi connectivity index (χ0n) is 13.9. The van der Waals surface area contributed by atoms with E-state index >= 15 is 0 Å². The first-order valence-corrected chi connectivity index (χ1v) is 9.13. The maximum Gasteiger partial charge on any atom is 0.187 e. The van der Waals surface area contributed by atoms with Gasteiger partial charge in [0.05, 0.1) is 11.4 Å². The average Bonchev–Trinajstić information content (AvgIpc) is 3.14. The van der Waals surface area contributed by atoms with E-state index in [4.69, 9.17) is 0 Å². The number of hydrogen-bond acceptors (Lipinski definition) is 5. The first-order chi connectivity index (χ1) is 12.8. The van der Waals surface area contributed by atoms with Crippen LogP contribution in [0.3, 0.4) is 0 Å². The molecule has 4 rings (SSSR count). The Bertz CT molecular complexity index is 1030. The Morgan fingerprint density at radius 1 is 0.962 bits per heavy atom. The molecule has 0 radical (unpaired) electrons. The Morgan fingerprint density at radius 3 is 2.46 bits per heavy atom. The second-order valence-corrected chi connectivity index (χ2v) is 6.24. The van der Waals surface area contributed by atoms with Crippen molar-refractivity contribution in [3.8, 4) is 28.3 Å². The fourth-order valence-electron chi connectivity index (χ4n) is 2.63. The molecule has 26 heavy (non-hydrogen) atoms. The first kappa shape index (κ1) is 16.4. The largest absolute Gasteiger partial charge is 0.231 e. The van der Waals surface area contributed by atoms with Crippen molar-refractivity contribution in [2.75, 3.05) is 6.26 Å². The number of aromatic nitrogens is 5. The first-order valence-electron chi connectivity index (χ1n) is 7.91. The lowest BCUT2D eigenvalue weighted by atomic mass is 10.1. The molecule has 0 saturated heterocycles. The molecule has 128 valence electrons. The van der Waals surface area contributed by atoms with Crippen LogP contribution in [-0.4, -0.2) is 31.2 Å². The number of rotatable bonds is 4. The van der Waals surface area contributed by atoms with Gasteiger partial charge in [-0.2, -0.15) is 0 Å². The van der Waals surface area contributed by atoms with Crippen molar-refractivity contribution in [3.05, 3.63) is 72.7 Å². The van der Waals surface area contributed by atoms with Crippen LogP contribution < -0.4 is 0 Å². The van der Waals surface area contributed by atoms with Gasteiger partial charge < -0.3 is 0 Å². The van der Waals surface area contributed by atoms with Gasteiger partial charge in [-0.3, -0.25) is 0 Å². The van der Waals surface area contributed by atoms with Gasteiger partial charge in [0, 0.05) is 11.8 Å². The molecule has 0 N–H and O–H groups in total. The van der Waals surface area contributed by atoms with Crippen LogP contribution in [0.2, 0.25) is 0 Å². The van der Waals surface area contributed by atoms with Gasteiger partial charge in [-0.1, -0.05) is 35.2 Å². The van der Waals surface area contributed by atoms with Crippen LogP contribution in [0, 0.1) is 5.82 Å². The number of para-hydroxylation sites is 1. The molecule has 0 aliphatic rings. The van der Waals surface area contributed by atoms with E-state index in [1.807, 2.05) is 42.7 Å². The second kappa shape index (κ2) is 7.05. The molecule has 0 fully saturated rings. The molecule has 0 saturated carbocycles. The lowest BCUT2D eigenvalue weighted by Gasteiger charge is -2.08. The topological polar surface area (TPSA) is 56.5 Å². The van der Waals surface area contributed by atoms with E-state index in [-0.39, 0.29) is 5.82 Å². The molecule has 5 nitrogen and oxygen atoms in total. The highest BCUT2D eigenvalue weighted by molar-refractivity contribution is 7.98. The highest BCUT2D eigenvalue weighted by atomic mass is 32.2. The molecule has 2 aromatic carbocycles. The van der Waals surface area contributed by atoms with Crippen LogP contribution in [0.25, 0.3) is 28.3 Å². The molecule has 2 heterocycles. The molecule has 4 aromatic rings. The summed E-state index contributed by atoms with van der Waals surface area (Å²) < 4.78 is 15.1. The molecule has 0 amide bonds. The van der Waals surface area contributed by atoms with Gasteiger partial charge in [0.1, 0.15) is 17.2 Å². The summed E-state index contributed by atoms with van der Waals surface area (Å²) in [6.45, 7) is 0. The number of benzene rings is 2. The van der Waals surface area contributed by atoms with Crippen molar-refractivity contribution in [1.29, 1.82) is 0 Å². The molecule has 2 aromatic heterocycles. The molecule has 7 heteroatoms. The van der Waals surface area contributed by atoms with Crippen LogP contribution in [-0.2, 0) is 0 Å². The third-order valence-corrected chi connectivity index (χ3v) is 4.41. The predicted molar refractivity (Wildman–Crippen MR) is 99.6 cm³/mol. The smallest absolute Gasteiger partial charge is 0.187 e. The van der Waals surface area contributed by atoms with Crippen molar-refractivity contribution < 1.29 is 4.39 Å². The van der Waals surface area contributed by atoms with E-state index in [1.165, 1.54) is 23.9 Å². The number of halogens is 1. The minimum Gasteiger partial charge on any atom is -0.231 e. The molecular weight excluding hydrogens is 349 g/mol. The SMILES string of the molecule is CSc1nccc(-c2c(-c3ccc(F)cc3)nnn2-c2ccccc2)n1. The summed E-state index contributed by atoms with van der Waals surface area (Å²) in [6.07, 6.45) is 3.64. The summed E-state index contributed by atoms with van der Waals surface area (Å²) in [4.78, 5) is 8.84. The van der Waals surface area contributed by atoms with Crippen molar-refractivity contribution in [1.82, 2.24) is 25.0 Å². The van der Waals surface area contributed by atoms with Crippen molar-refractivity contribution in [2.45, 2.75) is 5.16 Å². The fraction of sp³-hybridized carbons (Fsp3) is 0.0526. The van der Waals surface area contributed by atoms with E-state index in [9.17, 15) is 4.39 Å². The van der Waals surface area contributed by atoms with Gasteiger partial charge >= 0.3 is 0 Å². The average molecular weight is 363 g/mol. The monoisotopic (exact) mass is 363 g/mol. The summed E-state index contributed by atoms with van der Waals surface area (Å²) in [5.41, 5.74) is 3.72. The van der Waals surface area contributed by atoms with Crippen molar-refractivity contribution in [3.63, 3.8) is 0 Å². The van der Waals surface area contributed by atoms with E-state index in [2.05, 4.69) is 20.3 Å². The normalized spacial score (nSPS) is 10.8. The van der Waals surface area contributed by atoms with Crippen molar-refractivity contribution >= 4 is 11.8 Å². The Morgan fingerprint density at radius 2 is 1.73 bits per heavy atom. The van der Waals surface area contributed by atoms with Crippen LogP contribution in [0.15, 0.2) is 72.0 Å². The van der Waals surface area contributed by atoms with Gasteiger partial charge in [0.2, 0.25) is 0 Å². The zero-order valence-corrected chi connectivity index (χ0v) is 14.7. The second-order valence-electron chi connectivity index (χ2n) is 5.47. The minimum absolute atomic E-state index is 0.294. The Balaban J connectivity index is 1.95. The molecule has 0 unspecified atom stereocenters. The number of hydrogen-bond donors (Lipinski definition) is 0. The summed E-state index contributed by atoms with van der Waals surface area (Å²) in [6, 6.07) is 17.7. The van der Waals surface area contributed by atoms with E-state index in [1.54, 1.807) is 23.0 Å². The van der Waals surface area contributed by atoms with Gasteiger partial charge in [-0.05, 0) is 48.7 Å². The molecule has 0 spiro atoms. The van der Waals surface area contributed by atoms with Crippen LogP contribution >= 0.6 is 11.8 Å². The van der Waals surface area contributed by atoms with E-state index < -0.39 is 0 Å². The Kier molecular flexibility index (Phi) is 4.45. The molecule has 0 bridgehead atoms. The van der Waals surface area contributed by atoms with E-state index in [0.29, 0.717) is 16.5 Å². The number of thioether (sulfide) groups is 1. The molecule has 0 aliphatic carbocycles. The van der Waals surface area contributed by atoms with Gasteiger partial charge in [-0.15, -0.1) is 5.10 Å². The Hall–Kier alpha value is -3.06. The Labute approximate surface area is 153 Å². The standard InChI is InChI=1S/C19H14FN5S/c1-26-19-21-12-11-16(22-19)18-17(13-7-9-14(20)10-8-13)23-24-25(18)15-5-3-2-4-6-15/h2-12H,1H3. The fourth-order valence-corrected chi connectivity index (χ4v) is 2.99. The molecule has 0 aliphatic heterocycles. The minimum atomic E-state index is -0.294. The van der Waals surface area contributed by atoms with Crippen molar-refractivity contribution in [2.24, 2.45) is 0 Å². The van der Waals surface area contributed by atoms with Gasteiger partial charge in [0.25, 0.3) is 0 Å². The summed E-state index contributed by atoms with van der Waals surface area (Å²) in [7, 11) is 0. The molecule has 0 atom stereocenters. The van der Waals surface area contributed by atoms with Gasteiger partial charge in [-0.25, -0.2) is 19.0 Å². The lowest BCUT2D eigenvalue weighted by molar-refractivity contribution is 0.628. The summed E-state index contributed by atoms with van der Waals surface area (Å²) in [5, 5.41) is 9.33. The predicted octanol–water partition coefficient (Wildman–Crippen LogP) is 4.25. The van der Waals surface area contributed by atoms with E-state index in [0.717, 1.165) is 16.9 Å². The summed E-state index contributed by atoms with van der Waals surface area (Å²) >= 11 is 1.46. The van der Waals surface area contributed by atoms with Crippen LogP contribution in [0.1, 0.15) is 0 Å². The zero-order chi connectivity index (χ0) is 17.9. The third-order valence-electron chi connectivity index (χ3n) is 3.85. The lowest BCUT2D eigenvalue weighted by Crippen LogP contribution is -2.01. The third kappa shape index (κ3) is 3.09. The highest BCUT2D eigenvalue weighted by Gasteiger charge is 2.19. The maximum atomic E-state index is 13.3. The molecular formula is C19H14FN5S. The highest BCUT2D eigenvalue weighted by Crippen LogP contribution is 2.31. The van der Waals surface area contributed by atoms with Crippen LogP contribution in [0.5, 0.6) is 0 Å². The number of nitrogens with zero attached hydrogens (tertiary/aromatic N) is 5.